The molecule has 0 aliphatic heterocycles. The minimum atomic E-state index is -0.0822. The zero-order valence-corrected chi connectivity index (χ0v) is 16.7. The van der Waals surface area contributed by atoms with Crippen LogP contribution < -0.4 is 0 Å². The fourth-order valence-corrected chi connectivity index (χ4v) is 3.04. The Morgan fingerprint density at radius 1 is 0.440 bits per heavy atom. The maximum absolute atomic E-state index is 11.0. The van der Waals surface area contributed by atoms with Crippen LogP contribution in [0.2, 0.25) is 0 Å². The lowest BCUT2D eigenvalue weighted by Crippen LogP contribution is -1.99. The molecule has 148 valence electrons. The van der Waals surface area contributed by atoms with Crippen molar-refractivity contribution in [2.24, 2.45) is 0 Å². The van der Waals surface area contributed by atoms with Crippen molar-refractivity contribution < 1.29 is 19.1 Å². The highest BCUT2D eigenvalue weighted by Crippen LogP contribution is 2.14. The van der Waals surface area contributed by atoms with Gasteiger partial charge in [-0.15, -0.1) is 0 Å². The summed E-state index contributed by atoms with van der Waals surface area (Å²) in [6, 6.07) is 0. The van der Waals surface area contributed by atoms with Crippen LogP contribution in [0.5, 0.6) is 0 Å². The number of esters is 2. The summed E-state index contributed by atoms with van der Waals surface area (Å²) >= 11 is 0. The summed E-state index contributed by atoms with van der Waals surface area (Å²) in [6.07, 6.45) is 19.9. The Hall–Kier alpha value is -1.06. The van der Waals surface area contributed by atoms with Gasteiger partial charge < -0.3 is 9.47 Å². The summed E-state index contributed by atoms with van der Waals surface area (Å²) in [7, 11) is 2.91. The topological polar surface area (TPSA) is 52.6 Å². The molecular weight excluding hydrogens is 316 g/mol. The van der Waals surface area contributed by atoms with Crippen molar-refractivity contribution in [1.82, 2.24) is 0 Å². The largest absolute Gasteiger partial charge is 0.469 e. The average molecular weight is 357 g/mol. The van der Waals surface area contributed by atoms with Crippen LogP contribution in [0, 0.1) is 0 Å². The molecule has 0 radical (unpaired) electrons. The summed E-state index contributed by atoms with van der Waals surface area (Å²) in [4.78, 5) is 21.9. The molecule has 0 saturated carbocycles. The fraction of sp³-hybridized carbons (Fsp3) is 0.905. The second-order valence-corrected chi connectivity index (χ2v) is 6.96. The monoisotopic (exact) mass is 356 g/mol. The van der Waals surface area contributed by atoms with Gasteiger partial charge in [-0.05, 0) is 12.8 Å². The predicted octanol–water partition coefficient (Wildman–Crippen LogP) is 5.96. The maximum atomic E-state index is 11.0. The Labute approximate surface area is 155 Å². The fourth-order valence-electron chi connectivity index (χ4n) is 3.04. The molecule has 0 rings (SSSR count). The smallest absolute Gasteiger partial charge is 0.305 e. The van der Waals surface area contributed by atoms with Crippen molar-refractivity contribution in [2.75, 3.05) is 14.2 Å². The van der Waals surface area contributed by atoms with E-state index in [1.165, 1.54) is 84.8 Å². The highest BCUT2D eigenvalue weighted by atomic mass is 16.5. The number of ether oxygens (including phenoxy) is 2. The Morgan fingerprint density at radius 2 is 0.640 bits per heavy atom. The number of hydrogen-bond acceptors (Lipinski definition) is 4. The van der Waals surface area contributed by atoms with Gasteiger partial charge in [-0.1, -0.05) is 83.5 Å². The molecular formula is C21H40O4. The van der Waals surface area contributed by atoms with Gasteiger partial charge in [0.1, 0.15) is 0 Å². The third-order valence-electron chi connectivity index (χ3n) is 4.72. The Bertz CT molecular complexity index is 285. The summed E-state index contributed by atoms with van der Waals surface area (Å²) < 4.78 is 9.26. The van der Waals surface area contributed by atoms with E-state index in [4.69, 9.17) is 0 Å². The van der Waals surface area contributed by atoms with Crippen molar-refractivity contribution >= 4 is 11.9 Å². The van der Waals surface area contributed by atoms with Crippen LogP contribution in [0.15, 0.2) is 0 Å². The van der Waals surface area contributed by atoms with E-state index in [1.807, 2.05) is 0 Å². The lowest BCUT2D eigenvalue weighted by molar-refractivity contribution is -0.141. The minimum Gasteiger partial charge on any atom is -0.469 e. The molecule has 0 amide bonds. The van der Waals surface area contributed by atoms with E-state index in [0.717, 1.165) is 25.7 Å². The highest BCUT2D eigenvalue weighted by Gasteiger charge is 2.00. The number of hydrogen-bond donors (Lipinski definition) is 0. The zero-order valence-electron chi connectivity index (χ0n) is 16.7. The van der Waals surface area contributed by atoms with Crippen molar-refractivity contribution in [2.45, 2.75) is 109 Å². The Balaban J connectivity index is 3.05. The number of rotatable bonds is 18. The van der Waals surface area contributed by atoms with E-state index in [9.17, 15) is 9.59 Å². The first-order chi connectivity index (χ1) is 12.2. The molecule has 0 N–H and O–H groups in total. The standard InChI is InChI=1S/C21H40O4/c1-24-20(22)18-16-14-12-10-8-6-4-3-5-7-9-11-13-15-17-19-21(23)25-2/h3-19H2,1-2H3. The van der Waals surface area contributed by atoms with E-state index in [1.54, 1.807) is 0 Å². The predicted molar refractivity (Wildman–Crippen MR) is 103 cm³/mol. The van der Waals surface area contributed by atoms with Crippen LogP contribution in [-0.4, -0.2) is 26.2 Å². The van der Waals surface area contributed by atoms with Gasteiger partial charge in [0.15, 0.2) is 0 Å². The summed E-state index contributed by atoms with van der Waals surface area (Å²) in [5.41, 5.74) is 0. The lowest BCUT2D eigenvalue weighted by atomic mass is 10.0. The molecule has 0 aromatic carbocycles. The van der Waals surface area contributed by atoms with Gasteiger partial charge in [0, 0.05) is 12.8 Å². The van der Waals surface area contributed by atoms with Crippen LogP contribution in [-0.2, 0) is 19.1 Å². The van der Waals surface area contributed by atoms with Crippen LogP contribution in [0.3, 0.4) is 0 Å². The molecule has 4 nitrogen and oxygen atoms in total. The van der Waals surface area contributed by atoms with Crippen LogP contribution in [0.1, 0.15) is 109 Å². The van der Waals surface area contributed by atoms with E-state index >= 15 is 0 Å². The molecule has 0 aromatic rings. The summed E-state index contributed by atoms with van der Waals surface area (Å²) in [5, 5.41) is 0. The molecule has 0 fully saturated rings. The highest BCUT2D eigenvalue weighted by molar-refractivity contribution is 5.69. The quantitative estimate of drug-likeness (QED) is 0.224. The van der Waals surface area contributed by atoms with Crippen LogP contribution in [0.4, 0.5) is 0 Å². The summed E-state index contributed by atoms with van der Waals surface area (Å²) in [6.45, 7) is 0. The minimum absolute atomic E-state index is 0.0822. The third kappa shape index (κ3) is 19.1. The van der Waals surface area contributed by atoms with Gasteiger partial charge in [-0.25, -0.2) is 0 Å². The SMILES string of the molecule is COC(=O)CCCCCCCCCCCCCCCCCC(=O)OC. The first-order valence-electron chi connectivity index (χ1n) is 10.3. The van der Waals surface area contributed by atoms with Gasteiger partial charge >= 0.3 is 11.9 Å². The molecule has 4 heteroatoms. The second-order valence-electron chi connectivity index (χ2n) is 6.96. The molecule has 0 aliphatic carbocycles. The molecule has 0 saturated heterocycles. The number of carbonyl (C=O) groups excluding carboxylic acids is 2. The lowest BCUT2D eigenvalue weighted by Gasteiger charge is -2.03. The Morgan fingerprint density at radius 3 is 0.840 bits per heavy atom. The van der Waals surface area contributed by atoms with E-state index in [-0.39, 0.29) is 11.9 Å². The van der Waals surface area contributed by atoms with E-state index in [0.29, 0.717) is 12.8 Å². The molecule has 0 aliphatic rings. The number of methoxy groups -OCH3 is 2. The molecule has 0 unspecified atom stereocenters. The van der Waals surface area contributed by atoms with Crippen molar-refractivity contribution in [3.63, 3.8) is 0 Å². The first kappa shape index (κ1) is 23.9. The number of carbonyl (C=O) groups is 2. The van der Waals surface area contributed by atoms with Gasteiger partial charge in [0.05, 0.1) is 14.2 Å². The molecule has 0 heterocycles. The van der Waals surface area contributed by atoms with Gasteiger partial charge in [0.25, 0.3) is 0 Å². The number of unbranched alkanes of at least 4 members (excludes halogenated alkanes) is 14. The van der Waals surface area contributed by atoms with Gasteiger partial charge in [-0.3, -0.25) is 9.59 Å². The molecule has 0 bridgehead atoms. The Kier molecular flexibility index (Phi) is 18.5. The maximum Gasteiger partial charge on any atom is 0.305 e. The van der Waals surface area contributed by atoms with Crippen LogP contribution in [0.25, 0.3) is 0 Å². The third-order valence-corrected chi connectivity index (χ3v) is 4.72. The second kappa shape index (κ2) is 19.3. The van der Waals surface area contributed by atoms with Gasteiger partial charge in [0.2, 0.25) is 0 Å². The zero-order chi connectivity index (χ0) is 18.6. The molecule has 0 atom stereocenters. The van der Waals surface area contributed by atoms with Gasteiger partial charge in [-0.2, -0.15) is 0 Å². The molecule has 0 aromatic heterocycles. The molecule has 0 spiro atoms. The van der Waals surface area contributed by atoms with E-state index < -0.39 is 0 Å². The normalized spacial score (nSPS) is 10.6. The summed E-state index contributed by atoms with van der Waals surface area (Å²) in [5.74, 6) is -0.164. The average Bonchev–Trinajstić information content (AvgIpc) is 2.63. The first-order valence-corrected chi connectivity index (χ1v) is 10.3. The van der Waals surface area contributed by atoms with Crippen molar-refractivity contribution in [3.05, 3.63) is 0 Å². The van der Waals surface area contributed by atoms with Crippen LogP contribution >= 0.6 is 0 Å². The van der Waals surface area contributed by atoms with E-state index in [2.05, 4.69) is 9.47 Å². The van der Waals surface area contributed by atoms with Crippen molar-refractivity contribution in [1.29, 1.82) is 0 Å². The van der Waals surface area contributed by atoms with Crippen molar-refractivity contribution in [3.8, 4) is 0 Å². The molecule has 25 heavy (non-hydrogen) atoms.